The summed E-state index contributed by atoms with van der Waals surface area (Å²) in [5, 5.41) is 3.43. The number of anilines is 2. The molecule has 1 aromatic heterocycles. The molecule has 1 aromatic rings. The second kappa shape index (κ2) is 8.66. The van der Waals surface area contributed by atoms with E-state index in [9.17, 15) is 4.79 Å². The Morgan fingerprint density at radius 1 is 1.27 bits per heavy atom. The maximum atomic E-state index is 12.8. The van der Waals surface area contributed by atoms with Gasteiger partial charge < -0.3 is 19.9 Å². The summed E-state index contributed by atoms with van der Waals surface area (Å²) < 4.78 is 5.59. The second-order valence-electron chi connectivity index (χ2n) is 7.54. The van der Waals surface area contributed by atoms with Crippen molar-refractivity contribution in [3.05, 3.63) is 11.9 Å². The van der Waals surface area contributed by atoms with Crippen molar-refractivity contribution < 1.29 is 9.53 Å². The Bertz CT molecular complexity index is 616. The monoisotopic (exact) mass is 361 g/mol. The molecule has 1 N–H and O–H groups in total. The van der Waals surface area contributed by atoms with E-state index in [4.69, 9.17) is 4.74 Å². The zero-order valence-corrected chi connectivity index (χ0v) is 16.2. The van der Waals surface area contributed by atoms with Crippen molar-refractivity contribution >= 4 is 17.5 Å². The summed E-state index contributed by atoms with van der Waals surface area (Å²) in [4.78, 5) is 25.7. The molecule has 0 saturated heterocycles. The second-order valence-corrected chi connectivity index (χ2v) is 7.54. The molecular formula is C19H31N5O2. The highest BCUT2D eigenvalue weighted by atomic mass is 16.5. The number of likely N-dealkylation sites (N-methyl/N-ethyl adjacent to an activating group) is 1. The molecule has 1 aliphatic carbocycles. The highest BCUT2D eigenvalue weighted by molar-refractivity contribution is 5.83. The molecule has 0 atom stereocenters. The van der Waals surface area contributed by atoms with E-state index in [0.29, 0.717) is 19.1 Å². The van der Waals surface area contributed by atoms with Gasteiger partial charge in [-0.2, -0.15) is 0 Å². The summed E-state index contributed by atoms with van der Waals surface area (Å²) in [6.45, 7) is 6.57. The average molecular weight is 361 g/mol. The third-order valence-electron chi connectivity index (χ3n) is 5.14. The van der Waals surface area contributed by atoms with Gasteiger partial charge in [-0.3, -0.25) is 4.79 Å². The Hall–Kier alpha value is -1.89. The van der Waals surface area contributed by atoms with Crippen molar-refractivity contribution in [2.75, 3.05) is 37.0 Å². The molecule has 2 heterocycles. The standard InChI is InChI=1S/C19H31N5O2/c1-14(2)26-10-6-9-20-18-16-11-24(15-7-4-5-8-15)17(25)12-23(3)19(16)22-13-21-18/h13-15H,4-12H2,1-3H3,(H,20,21,22). The first-order valence-corrected chi connectivity index (χ1v) is 9.76. The summed E-state index contributed by atoms with van der Waals surface area (Å²) in [6, 6.07) is 0.356. The van der Waals surface area contributed by atoms with Crippen molar-refractivity contribution in [3.63, 3.8) is 0 Å². The molecule has 1 amide bonds. The molecular weight excluding hydrogens is 330 g/mol. The first-order chi connectivity index (χ1) is 12.6. The van der Waals surface area contributed by atoms with Gasteiger partial charge in [0.05, 0.1) is 24.8 Å². The third-order valence-corrected chi connectivity index (χ3v) is 5.14. The molecule has 0 spiro atoms. The normalized spacial score (nSPS) is 18.4. The molecule has 3 rings (SSSR count). The highest BCUT2D eigenvalue weighted by Gasteiger charge is 2.32. The summed E-state index contributed by atoms with van der Waals surface area (Å²) in [5.41, 5.74) is 1.03. The van der Waals surface area contributed by atoms with Gasteiger partial charge in [0.2, 0.25) is 5.91 Å². The fourth-order valence-corrected chi connectivity index (χ4v) is 3.80. The van der Waals surface area contributed by atoms with Crippen molar-refractivity contribution in [2.24, 2.45) is 0 Å². The van der Waals surface area contributed by atoms with Gasteiger partial charge in [0.1, 0.15) is 18.0 Å². The van der Waals surface area contributed by atoms with Crippen LogP contribution in [0.2, 0.25) is 0 Å². The maximum Gasteiger partial charge on any atom is 0.242 e. The van der Waals surface area contributed by atoms with Crippen LogP contribution >= 0.6 is 0 Å². The number of hydrogen-bond donors (Lipinski definition) is 1. The zero-order valence-electron chi connectivity index (χ0n) is 16.2. The zero-order chi connectivity index (χ0) is 18.5. The lowest BCUT2D eigenvalue weighted by atomic mass is 10.1. The van der Waals surface area contributed by atoms with Crippen LogP contribution in [0.4, 0.5) is 11.6 Å². The first-order valence-electron chi connectivity index (χ1n) is 9.76. The Morgan fingerprint density at radius 2 is 2.04 bits per heavy atom. The molecule has 26 heavy (non-hydrogen) atoms. The molecule has 7 heteroatoms. The van der Waals surface area contributed by atoms with E-state index in [0.717, 1.165) is 49.6 Å². The average Bonchev–Trinajstić information content (AvgIpc) is 3.09. The quantitative estimate of drug-likeness (QED) is 0.752. The predicted molar refractivity (Wildman–Crippen MR) is 102 cm³/mol. The minimum atomic E-state index is 0.189. The van der Waals surface area contributed by atoms with E-state index >= 15 is 0 Å². The first kappa shape index (κ1) is 18.9. The SMILES string of the molecule is CC(C)OCCCNc1ncnc2c1CN(C1CCCC1)C(=O)CN2C. The van der Waals surface area contributed by atoms with Crippen LogP contribution in [0.3, 0.4) is 0 Å². The van der Waals surface area contributed by atoms with Crippen molar-refractivity contribution in [3.8, 4) is 0 Å². The maximum absolute atomic E-state index is 12.8. The summed E-state index contributed by atoms with van der Waals surface area (Å²) in [6.07, 6.45) is 7.38. The number of fused-ring (bicyclic) bond motifs is 1. The minimum absolute atomic E-state index is 0.189. The molecule has 0 aromatic carbocycles. The van der Waals surface area contributed by atoms with Gasteiger partial charge in [-0.05, 0) is 33.1 Å². The predicted octanol–water partition coefficient (Wildman–Crippen LogP) is 2.42. The highest BCUT2D eigenvalue weighted by Crippen LogP contribution is 2.32. The van der Waals surface area contributed by atoms with Crippen LogP contribution in [0.5, 0.6) is 0 Å². The number of carbonyl (C=O) groups is 1. The number of carbonyl (C=O) groups excluding carboxylic acids is 1. The molecule has 144 valence electrons. The Balaban J connectivity index is 1.73. The van der Waals surface area contributed by atoms with E-state index in [2.05, 4.69) is 15.3 Å². The number of aromatic nitrogens is 2. The van der Waals surface area contributed by atoms with Gasteiger partial charge in [-0.15, -0.1) is 0 Å². The largest absolute Gasteiger partial charge is 0.379 e. The summed E-state index contributed by atoms with van der Waals surface area (Å²) in [5.74, 6) is 1.88. The van der Waals surface area contributed by atoms with Crippen molar-refractivity contribution in [1.29, 1.82) is 0 Å². The fourth-order valence-electron chi connectivity index (χ4n) is 3.80. The topological polar surface area (TPSA) is 70.6 Å². The number of rotatable bonds is 7. The number of ether oxygens (including phenoxy) is 1. The Morgan fingerprint density at radius 3 is 2.77 bits per heavy atom. The van der Waals surface area contributed by atoms with Crippen LogP contribution in [0.15, 0.2) is 6.33 Å². The lowest BCUT2D eigenvalue weighted by molar-refractivity contribution is -0.132. The van der Waals surface area contributed by atoms with Gasteiger partial charge in [0.15, 0.2) is 0 Å². The van der Waals surface area contributed by atoms with Gasteiger partial charge >= 0.3 is 0 Å². The minimum Gasteiger partial charge on any atom is -0.379 e. The van der Waals surface area contributed by atoms with E-state index in [1.54, 1.807) is 6.33 Å². The van der Waals surface area contributed by atoms with E-state index in [1.807, 2.05) is 30.7 Å². The lowest BCUT2D eigenvalue weighted by Crippen LogP contribution is -2.41. The molecule has 0 unspecified atom stereocenters. The van der Waals surface area contributed by atoms with Gasteiger partial charge in [0, 0.05) is 26.2 Å². The van der Waals surface area contributed by atoms with Crippen molar-refractivity contribution in [2.45, 2.75) is 64.6 Å². The van der Waals surface area contributed by atoms with Gasteiger partial charge in [-0.25, -0.2) is 9.97 Å². The summed E-state index contributed by atoms with van der Waals surface area (Å²) >= 11 is 0. The summed E-state index contributed by atoms with van der Waals surface area (Å²) in [7, 11) is 1.93. The molecule has 1 fully saturated rings. The van der Waals surface area contributed by atoms with E-state index in [-0.39, 0.29) is 12.0 Å². The van der Waals surface area contributed by atoms with E-state index in [1.165, 1.54) is 12.8 Å². The Labute approximate surface area is 156 Å². The number of hydrogen-bond acceptors (Lipinski definition) is 6. The smallest absolute Gasteiger partial charge is 0.242 e. The lowest BCUT2D eigenvalue weighted by Gasteiger charge is -2.28. The molecule has 1 saturated carbocycles. The van der Waals surface area contributed by atoms with Crippen LogP contribution < -0.4 is 10.2 Å². The Kier molecular flexibility index (Phi) is 6.29. The number of nitrogens with one attached hydrogen (secondary N) is 1. The van der Waals surface area contributed by atoms with Crippen molar-refractivity contribution in [1.82, 2.24) is 14.9 Å². The number of amides is 1. The third kappa shape index (κ3) is 4.44. The van der Waals surface area contributed by atoms with Crippen LogP contribution in [0, 0.1) is 0 Å². The van der Waals surface area contributed by atoms with E-state index < -0.39 is 0 Å². The fraction of sp³-hybridized carbons (Fsp3) is 0.737. The number of nitrogens with zero attached hydrogens (tertiary/aromatic N) is 4. The van der Waals surface area contributed by atoms with Crippen LogP contribution in [-0.4, -0.2) is 59.7 Å². The van der Waals surface area contributed by atoms with Crippen LogP contribution in [0.25, 0.3) is 0 Å². The molecule has 0 bridgehead atoms. The molecule has 0 radical (unpaired) electrons. The molecule has 2 aliphatic rings. The van der Waals surface area contributed by atoms with Crippen LogP contribution in [-0.2, 0) is 16.1 Å². The van der Waals surface area contributed by atoms with Crippen LogP contribution in [0.1, 0.15) is 51.5 Å². The van der Waals surface area contributed by atoms with Gasteiger partial charge in [-0.1, -0.05) is 12.8 Å². The van der Waals surface area contributed by atoms with Gasteiger partial charge in [0.25, 0.3) is 0 Å². The molecule has 7 nitrogen and oxygen atoms in total. The molecule has 1 aliphatic heterocycles.